The Morgan fingerprint density at radius 2 is 1.80 bits per heavy atom. The van der Waals surface area contributed by atoms with Crippen molar-refractivity contribution < 1.29 is 4.79 Å². The highest BCUT2D eigenvalue weighted by Crippen LogP contribution is 2.44. The zero-order chi connectivity index (χ0) is 17.3. The number of piperidine rings is 1. The number of likely N-dealkylation sites (N-methyl/N-ethyl adjacent to an activating group) is 1. The first kappa shape index (κ1) is 16.0. The quantitative estimate of drug-likeness (QED) is 0.856. The first-order valence-corrected chi connectivity index (χ1v) is 8.87. The van der Waals surface area contributed by atoms with Crippen molar-refractivity contribution in [1.82, 2.24) is 19.9 Å². The van der Waals surface area contributed by atoms with Gasteiger partial charge in [0.2, 0.25) is 11.9 Å². The van der Waals surface area contributed by atoms with Crippen LogP contribution in [-0.2, 0) is 11.2 Å². The fourth-order valence-electron chi connectivity index (χ4n) is 4.19. The van der Waals surface area contributed by atoms with E-state index in [1.807, 2.05) is 42.4 Å². The molecule has 4 rings (SSSR count). The van der Waals surface area contributed by atoms with Crippen molar-refractivity contribution in [3.63, 3.8) is 0 Å². The van der Waals surface area contributed by atoms with Crippen LogP contribution in [0.25, 0.3) is 0 Å². The summed E-state index contributed by atoms with van der Waals surface area (Å²) in [6.07, 6.45) is 8.84. The molecule has 0 bridgehead atoms. The summed E-state index contributed by atoms with van der Waals surface area (Å²) in [6, 6.07) is 8.04. The van der Waals surface area contributed by atoms with Crippen molar-refractivity contribution in [2.24, 2.45) is 5.41 Å². The van der Waals surface area contributed by atoms with Crippen LogP contribution in [0.2, 0.25) is 0 Å². The van der Waals surface area contributed by atoms with Crippen LogP contribution in [-0.4, -0.2) is 51.9 Å². The molecule has 6 heteroatoms. The molecule has 1 unspecified atom stereocenters. The number of hydrogen-bond acceptors (Lipinski definition) is 5. The molecule has 0 radical (unpaired) electrons. The number of rotatable bonds is 3. The third kappa shape index (κ3) is 2.97. The number of carbonyl (C=O) groups is 1. The summed E-state index contributed by atoms with van der Waals surface area (Å²) in [7, 11) is 1.94. The van der Waals surface area contributed by atoms with Gasteiger partial charge in [-0.15, -0.1) is 0 Å². The fourth-order valence-corrected chi connectivity index (χ4v) is 4.19. The highest BCUT2D eigenvalue weighted by atomic mass is 16.2. The third-order valence-corrected chi connectivity index (χ3v) is 5.67. The molecule has 1 atom stereocenters. The van der Waals surface area contributed by atoms with Crippen LogP contribution in [0.4, 0.5) is 5.95 Å². The van der Waals surface area contributed by atoms with Gasteiger partial charge in [0.1, 0.15) is 0 Å². The number of pyridine rings is 1. The highest BCUT2D eigenvalue weighted by Gasteiger charge is 2.51. The number of amides is 1. The van der Waals surface area contributed by atoms with Gasteiger partial charge in [-0.05, 0) is 37.5 Å². The molecule has 2 aliphatic rings. The van der Waals surface area contributed by atoms with Crippen LogP contribution in [0.5, 0.6) is 0 Å². The molecule has 0 aromatic carbocycles. The number of carbonyl (C=O) groups excluding carboxylic acids is 1. The second-order valence-corrected chi connectivity index (χ2v) is 7.12. The zero-order valence-corrected chi connectivity index (χ0v) is 14.5. The monoisotopic (exact) mass is 337 g/mol. The normalized spacial score (nSPS) is 22.6. The van der Waals surface area contributed by atoms with E-state index in [-0.39, 0.29) is 11.5 Å². The number of aromatic nitrogens is 3. The summed E-state index contributed by atoms with van der Waals surface area (Å²) in [5.41, 5.74) is 0.832. The SMILES string of the molecule is CN1C(=O)C2(CCN(c3ncccn3)CC2)CC1Cc1ccccn1. The van der Waals surface area contributed by atoms with E-state index in [4.69, 9.17) is 0 Å². The van der Waals surface area contributed by atoms with Gasteiger partial charge >= 0.3 is 0 Å². The molecular formula is C19H23N5O. The first-order chi connectivity index (χ1) is 12.2. The van der Waals surface area contributed by atoms with Gasteiger partial charge in [-0.25, -0.2) is 9.97 Å². The Bertz CT molecular complexity index is 728. The van der Waals surface area contributed by atoms with Crippen molar-refractivity contribution in [3.05, 3.63) is 48.5 Å². The van der Waals surface area contributed by atoms with E-state index < -0.39 is 0 Å². The van der Waals surface area contributed by atoms with Gasteiger partial charge in [-0.2, -0.15) is 0 Å². The molecule has 2 aromatic rings. The van der Waals surface area contributed by atoms with E-state index in [1.54, 1.807) is 12.4 Å². The smallest absolute Gasteiger partial charge is 0.229 e. The van der Waals surface area contributed by atoms with E-state index >= 15 is 0 Å². The summed E-state index contributed by atoms with van der Waals surface area (Å²) in [5.74, 6) is 1.06. The highest BCUT2D eigenvalue weighted by molar-refractivity contribution is 5.85. The molecule has 0 aliphatic carbocycles. The molecular weight excluding hydrogens is 314 g/mol. The van der Waals surface area contributed by atoms with Crippen LogP contribution in [0, 0.1) is 5.41 Å². The average Bonchev–Trinajstić information content (AvgIpc) is 2.89. The minimum Gasteiger partial charge on any atom is -0.342 e. The van der Waals surface area contributed by atoms with E-state index in [1.165, 1.54) is 0 Å². The second-order valence-electron chi connectivity index (χ2n) is 7.12. The third-order valence-electron chi connectivity index (χ3n) is 5.67. The second kappa shape index (κ2) is 6.43. The van der Waals surface area contributed by atoms with Gasteiger partial charge in [-0.3, -0.25) is 9.78 Å². The van der Waals surface area contributed by atoms with Gasteiger partial charge in [0.25, 0.3) is 0 Å². The maximum atomic E-state index is 13.0. The van der Waals surface area contributed by atoms with Crippen LogP contribution in [0.1, 0.15) is 25.0 Å². The molecule has 4 heterocycles. The maximum Gasteiger partial charge on any atom is 0.229 e. The van der Waals surface area contributed by atoms with Gasteiger partial charge < -0.3 is 9.80 Å². The lowest BCUT2D eigenvalue weighted by Crippen LogP contribution is -2.44. The lowest BCUT2D eigenvalue weighted by atomic mass is 9.75. The topological polar surface area (TPSA) is 62.2 Å². The Balaban J connectivity index is 1.45. The summed E-state index contributed by atoms with van der Waals surface area (Å²) < 4.78 is 0. The molecule has 0 N–H and O–H groups in total. The predicted octanol–water partition coefficient (Wildman–Crippen LogP) is 1.93. The molecule has 1 spiro atoms. The molecule has 25 heavy (non-hydrogen) atoms. The van der Waals surface area contributed by atoms with E-state index in [2.05, 4.69) is 19.9 Å². The van der Waals surface area contributed by atoms with Gasteiger partial charge in [0.05, 0.1) is 5.41 Å². The molecule has 130 valence electrons. The predicted molar refractivity (Wildman–Crippen MR) is 95.0 cm³/mol. The Morgan fingerprint density at radius 1 is 1.08 bits per heavy atom. The van der Waals surface area contributed by atoms with Crippen molar-refractivity contribution in [3.8, 4) is 0 Å². The Hall–Kier alpha value is -2.50. The Kier molecular flexibility index (Phi) is 4.11. The zero-order valence-electron chi connectivity index (χ0n) is 14.5. The lowest BCUT2D eigenvalue weighted by Gasteiger charge is -2.37. The standard InChI is InChI=1S/C19H23N5O/c1-23-16(13-15-5-2-3-8-20-15)14-19(17(23)25)6-11-24(12-7-19)18-21-9-4-10-22-18/h2-5,8-10,16H,6-7,11-14H2,1H3. The molecule has 2 aromatic heterocycles. The van der Waals surface area contributed by atoms with E-state index in [0.29, 0.717) is 5.91 Å². The van der Waals surface area contributed by atoms with E-state index in [9.17, 15) is 4.79 Å². The van der Waals surface area contributed by atoms with Crippen molar-refractivity contribution in [2.45, 2.75) is 31.7 Å². The summed E-state index contributed by atoms with van der Waals surface area (Å²) in [6.45, 7) is 1.67. The van der Waals surface area contributed by atoms with Gasteiger partial charge in [-0.1, -0.05) is 6.07 Å². The van der Waals surface area contributed by atoms with Crippen molar-refractivity contribution >= 4 is 11.9 Å². The first-order valence-electron chi connectivity index (χ1n) is 8.87. The van der Waals surface area contributed by atoms with Crippen LogP contribution in [0.3, 0.4) is 0 Å². The van der Waals surface area contributed by atoms with Crippen LogP contribution in [0.15, 0.2) is 42.9 Å². The van der Waals surface area contributed by atoms with Crippen LogP contribution < -0.4 is 4.90 Å². The van der Waals surface area contributed by atoms with Gasteiger partial charge in [0, 0.05) is 56.9 Å². The lowest BCUT2D eigenvalue weighted by molar-refractivity contribution is -0.136. The number of hydrogen-bond donors (Lipinski definition) is 0. The summed E-state index contributed by atoms with van der Waals surface area (Å²) in [5, 5.41) is 0. The number of nitrogens with zero attached hydrogens (tertiary/aromatic N) is 5. The minimum absolute atomic E-state index is 0.223. The molecule has 1 amide bonds. The molecule has 0 saturated carbocycles. The van der Waals surface area contributed by atoms with Crippen molar-refractivity contribution in [1.29, 1.82) is 0 Å². The molecule has 6 nitrogen and oxygen atoms in total. The largest absolute Gasteiger partial charge is 0.342 e. The van der Waals surface area contributed by atoms with Crippen LogP contribution >= 0.6 is 0 Å². The number of anilines is 1. The Morgan fingerprint density at radius 3 is 2.48 bits per heavy atom. The molecule has 2 saturated heterocycles. The average molecular weight is 337 g/mol. The van der Waals surface area contributed by atoms with E-state index in [0.717, 1.165) is 50.4 Å². The van der Waals surface area contributed by atoms with Gasteiger partial charge in [0.15, 0.2) is 0 Å². The molecule has 2 fully saturated rings. The van der Waals surface area contributed by atoms with Crippen molar-refractivity contribution in [2.75, 3.05) is 25.0 Å². The fraction of sp³-hybridized carbons (Fsp3) is 0.474. The molecule has 2 aliphatic heterocycles. The summed E-state index contributed by atoms with van der Waals surface area (Å²) >= 11 is 0. The number of likely N-dealkylation sites (tertiary alicyclic amines) is 1. The minimum atomic E-state index is -0.223. The maximum absolute atomic E-state index is 13.0. The Labute approximate surface area is 147 Å². The summed E-state index contributed by atoms with van der Waals surface area (Å²) in [4.78, 5) is 30.2.